The first kappa shape index (κ1) is 15.9. The number of nitrogens with zero attached hydrogens (tertiary/aromatic N) is 5. The number of aromatic nitrogens is 2. The van der Waals surface area contributed by atoms with Crippen molar-refractivity contribution in [3.8, 4) is 6.07 Å². The van der Waals surface area contributed by atoms with E-state index in [2.05, 4.69) is 39.9 Å². The molecule has 0 radical (unpaired) electrons. The summed E-state index contributed by atoms with van der Waals surface area (Å²) in [6.45, 7) is 4.48. The predicted molar refractivity (Wildman–Crippen MR) is 87.5 cm³/mol. The molecule has 0 N–H and O–H groups in total. The Bertz CT molecular complexity index is 643. The van der Waals surface area contributed by atoms with Crippen molar-refractivity contribution < 1.29 is 0 Å². The molecule has 0 saturated heterocycles. The lowest BCUT2D eigenvalue weighted by Crippen LogP contribution is -2.32. The van der Waals surface area contributed by atoms with Gasteiger partial charge in [-0.15, -0.1) is 0 Å². The molecule has 22 heavy (non-hydrogen) atoms. The van der Waals surface area contributed by atoms with Crippen LogP contribution in [0.3, 0.4) is 0 Å². The van der Waals surface area contributed by atoms with E-state index >= 15 is 0 Å². The zero-order valence-corrected chi connectivity index (χ0v) is 13.3. The van der Waals surface area contributed by atoms with Crippen LogP contribution in [-0.4, -0.2) is 42.1 Å². The fraction of sp³-hybridized carbons (Fsp3) is 0.353. The lowest BCUT2D eigenvalue weighted by atomic mass is 10.1. The Morgan fingerprint density at radius 2 is 1.82 bits per heavy atom. The van der Waals surface area contributed by atoms with Crippen LogP contribution >= 0.6 is 0 Å². The molecule has 1 heterocycles. The second kappa shape index (κ2) is 7.53. The van der Waals surface area contributed by atoms with Crippen molar-refractivity contribution in [3.63, 3.8) is 0 Å². The molecule has 0 aliphatic rings. The van der Waals surface area contributed by atoms with E-state index in [-0.39, 0.29) is 0 Å². The zero-order valence-electron chi connectivity index (χ0n) is 13.3. The van der Waals surface area contributed by atoms with Crippen LogP contribution in [0.25, 0.3) is 0 Å². The molecule has 5 heteroatoms. The van der Waals surface area contributed by atoms with Crippen molar-refractivity contribution in [2.45, 2.75) is 13.5 Å². The van der Waals surface area contributed by atoms with Gasteiger partial charge >= 0.3 is 0 Å². The van der Waals surface area contributed by atoms with Gasteiger partial charge in [-0.3, -0.25) is 0 Å². The van der Waals surface area contributed by atoms with E-state index in [4.69, 9.17) is 5.26 Å². The third-order valence-corrected chi connectivity index (χ3v) is 3.36. The molecule has 0 spiro atoms. The van der Waals surface area contributed by atoms with Gasteiger partial charge in [-0.05, 0) is 44.8 Å². The highest BCUT2D eigenvalue weighted by Crippen LogP contribution is 2.15. The molecule has 2 rings (SSSR count). The number of nitriles is 1. The zero-order chi connectivity index (χ0) is 15.9. The molecule has 0 atom stereocenters. The van der Waals surface area contributed by atoms with Crippen LogP contribution in [0, 0.1) is 18.3 Å². The van der Waals surface area contributed by atoms with Gasteiger partial charge in [0.25, 0.3) is 0 Å². The molecule has 0 bridgehead atoms. The first-order valence-electron chi connectivity index (χ1n) is 7.27. The summed E-state index contributed by atoms with van der Waals surface area (Å²) in [6.07, 6.45) is 1.79. The molecule has 0 aliphatic carbocycles. The Morgan fingerprint density at radius 3 is 2.41 bits per heavy atom. The maximum atomic E-state index is 8.88. The van der Waals surface area contributed by atoms with Crippen molar-refractivity contribution in [1.29, 1.82) is 5.26 Å². The first-order chi connectivity index (χ1) is 10.6. The highest BCUT2D eigenvalue weighted by molar-refractivity contribution is 5.40. The molecule has 0 amide bonds. The third kappa shape index (κ3) is 4.54. The summed E-state index contributed by atoms with van der Waals surface area (Å²) >= 11 is 0. The Kier molecular flexibility index (Phi) is 5.45. The minimum Gasteiger partial charge on any atom is -0.351 e. The quantitative estimate of drug-likeness (QED) is 0.818. The summed E-state index contributed by atoms with van der Waals surface area (Å²) < 4.78 is 0. The predicted octanol–water partition coefficient (Wildman–Crippen LogP) is 2.22. The monoisotopic (exact) mass is 295 g/mol. The minimum atomic E-state index is 0.682. The number of likely N-dealkylation sites (N-methyl/N-ethyl adjacent to an activating group) is 1. The van der Waals surface area contributed by atoms with Crippen LogP contribution in [0.5, 0.6) is 0 Å². The van der Waals surface area contributed by atoms with E-state index in [1.165, 1.54) is 0 Å². The molecule has 114 valence electrons. The highest BCUT2D eigenvalue weighted by atomic mass is 15.2. The second-order valence-corrected chi connectivity index (χ2v) is 5.50. The average Bonchev–Trinajstić information content (AvgIpc) is 2.52. The van der Waals surface area contributed by atoms with Crippen molar-refractivity contribution in [2.24, 2.45) is 0 Å². The van der Waals surface area contributed by atoms with Gasteiger partial charge in [-0.1, -0.05) is 12.1 Å². The Labute approximate surface area is 131 Å². The molecule has 0 aliphatic heterocycles. The Hall–Kier alpha value is -2.45. The molecule has 0 saturated carbocycles. The maximum absolute atomic E-state index is 8.88. The fourth-order valence-corrected chi connectivity index (χ4v) is 2.12. The van der Waals surface area contributed by atoms with Gasteiger partial charge in [0, 0.05) is 25.8 Å². The number of hydrogen-bond acceptors (Lipinski definition) is 5. The van der Waals surface area contributed by atoms with Crippen LogP contribution in [-0.2, 0) is 6.54 Å². The summed E-state index contributed by atoms with van der Waals surface area (Å²) in [7, 11) is 4.12. The van der Waals surface area contributed by atoms with Crippen molar-refractivity contribution in [3.05, 3.63) is 53.5 Å². The van der Waals surface area contributed by atoms with Crippen LogP contribution in [0.15, 0.2) is 36.5 Å². The van der Waals surface area contributed by atoms with Crippen molar-refractivity contribution >= 4 is 5.82 Å². The number of hydrogen-bond donors (Lipinski definition) is 0. The van der Waals surface area contributed by atoms with E-state index in [1.807, 2.05) is 37.3 Å². The van der Waals surface area contributed by atoms with Crippen molar-refractivity contribution in [2.75, 3.05) is 32.1 Å². The van der Waals surface area contributed by atoms with Gasteiger partial charge in [-0.25, -0.2) is 9.97 Å². The molecule has 5 nitrogen and oxygen atoms in total. The van der Waals surface area contributed by atoms with Gasteiger partial charge in [0.2, 0.25) is 0 Å². The number of benzene rings is 1. The van der Waals surface area contributed by atoms with E-state index in [0.29, 0.717) is 5.56 Å². The summed E-state index contributed by atoms with van der Waals surface area (Å²) in [4.78, 5) is 13.1. The topological polar surface area (TPSA) is 56.1 Å². The summed E-state index contributed by atoms with van der Waals surface area (Å²) in [5, 5.41) is 8.88. The number of rotatable bonds is 6. The van der Waals surface area contributed by atoms with E-state index in [0.717, 1.165) is 36.8 Å². The van der Waals surface area contributed by atoms with E-state index in [9.17, 15) is 0 Å². The summed E-state index contributed by atoms with van der Waals surface area (Å²) in [6, 6.07) is 11.8. The molecule has 0 unspecified atom stereocenters. The number of anilines is 1. The van der Waals surface area contributed by atoms with Crippen LogP contribution in [0.2, 0.25) is 0 Å². The SMILES string of the molecule is Cc1nccc(N(CCN(C)C)Cc2ccc(C#N)cc2)n1. The van der Waals surface area contributed by atoms with Crippen molar-refractivity contribution in [1.82, 2.24) is 14.9 Å². The smallest absolute Gasteiger partial charge is 0.132 e. The molecule has 1 aromatic heterocycles. The minimum absolute atomic E-state index is 0.682. The van der Waals surface area contributed by atoms with Crippen LogP contribution < -0.4 is 4.90 Å². The Morgan fingerprint density at radius 1 is 1.09 bits per heavy atom. The molecule has 0 fully saturated rings. The van der Waals surface area contributed by atoms with Gasteiger partial charge < -0.3 is 9.80 Å². The van der Waals surface area contributed by atoms with E-state index < -0.39 is 0 Å². The second-order valence-electron chi connectivity index (χ2n) is 5.50. The van der Waals surface area contributed by atoms with Gasteiger partial charge in [-0.2, -0.15) is 5.26 Å². The standard InChI is InChI=1S/C17H21N5/c1-14-19-9-8-17(20-14)22(11-10-21(2)3)13-16-6-4-15(12-18)5-7-16/h4-9H,10-11,13H2,1-3H3. The normalized spacial score (nSPS) is 10.5. The molecule has 2 aromatic rings. The lowest BCUT2D eigenvalue weighted by molar-refractivity contribution is 0.412. The van der Waals surface area contributed by atoms with Gasteiger partial charge in [0.15, 0.2) is 0 Å². The third-order valence-electron chi connectivity index (χ3n) is 3.36. The largest absolute Gasteiger partial charge is 0.351 e. The average molecular weight is 295 g/mol. The molecule has 1 aromatic carbocycles. The van der Waals surface area contributed by atoms with E-state index in [1.54, 1.807) is 6.20 Å². The first-order valence-corrected chi connectivity index (χ1v) is 7.27. The summed E-state index contributed by atoms with van der Waals surface area (Å²) in [5.74, 6) is 1.70. The lowest BCUT2D eigenvalue weighted by Gasteiger charge is -2.25. The fourth-order valence-electron chi connectivity index (χ4n) is 2.12. The van der Waals surface area contributed by atoms with Crippen LogP contribution in [0.4, 0.5) is 5.82 Å². The highest BCUT2D eigenvalue weighted by Gasteiger charge is 2.10. The summed E-state index contributed by atoms with van der Waals surface area (Å²) in [5.41, 5.74) is 1.84. The van der Waals surface area contributed by atoms with Gasteiger partial charge in [0.1, 0.15) is 11.6 Å². The molecular weight excluding hydrogens is 274 g/mol. The maximum Gasteiger partial charge on any atom is 0.132 e. The van der Waals surface area contributed by atoms with Crippen LogP contribution in [0.1, 0.15) is 17.0 Å². The molecular formula is C17H21N5. The van der Waals surface area contributed by atoms with Gasteiger partial charge in [0.05, 0.1) is 11.6 Å². The number of aryl methyl sites for hydroxylation is 1. The Balaban J connectivity index is 2.18.